The lowest BCUT2D eigenvalue weighted by Gasteiger charge is -2.34. The Labute approximate surface area is 121 Å². The maximum Gasteiger partial charge on any atom is 0.407 e. The van der Waals surface area contributed by atoms with E-state index in [1.807, 2.05) is 20.8 Å². The number of alkyl carbamates (subject to hydrolysis) is 1. The third-order valence-corrected chi connectivity index (χ3v) is 3.23. The highest BCUT2D eigenvalue weighted by Crippen LogP contribution is 2.16. The number of hydrogen-bond donors (Lipinski definition) is 2. The van der Waals surface area contributed by atoms with Crippen molar-refractivity contribution in [3.05, 3.63) is 0 Å². The molecule has 0 aromatic carbocycles. The number of carbonyl (C=O) groups is 2. The summed E-state index contributed by atoms with van der Waals surface area (Å²) in [5.74, 6) is 0.0574. The molecule has 20 heavy (non-hydrogen) atoms. The Morgan fingerprint density at radius 3 is 2.60 bits per heavy atom. The quantitative estimate of drug-likeness (QED) is 0.812. The number of nitrogens with one attached hydrogen (secondary N) is 2. The molecule has 6 nitrogen and oxygen atoms in total. The summed E-state index contributed by atoms with van der Waals surface area (Å²) in [6.45, 7) is 7.55. The van der Waals surface area contributed by atoms with E-state index >= 15 is 0 Å². The van der Waals surface area contributed by atoms with Crippen LogP contribution in [0.3, 0.4) is 0 Å². The van der Waals surface area contributed by atoms with Crippen molar-refractivity contribution in [1.82, 2.24) is 15.5 Å². The Morgan fingerprint density at radius 1 is 1.30 bits per heavy atom. The van der Waals surface area contributed by atoms with Gasteiger partial charge in [0, 0.05) is 20.1 Å². The zero-order chi connectivity index (χ0) is 15.2. The first-order valence-corrected chi connectivity index (χ1v) is 7.26. The smallest absolute Gasteiger partial charge is 0.407 e. The number of likely N-dealkylation sites (tertiary alicyclic amines) is 1. The number of likely N-dealkylation sites (N-methyl/N-ethyl adjacent to an activating group) is 1. The van der Waals surface area contributed by atoms with Crippen molar-refractivity contribution < 1.29 is 14.3 Å². The highest BCUT2D eigenvalue weighted by atomic mass is 16.6. The number of nitrogens with zero attached hydrogens (tertiary/aromatic N) is 1. The molecule has 1 aliphatic rings. The van der Waals surface area contributed by atoms with E-state index in [-0.39, 0.29) is 11.9 Å². The summed E-state index contributed by atoms with van der Waals surface area (Å²) in [6.07, 6.45) is 2.64. The fourth-order valence-electron chi connectivity index (χ4n) is 2.34. The minimum Gasteiger partial charge on any atom is -0.444 e. The van der Waals surface area contributed by atoms with E-state index < -0.39 is 11.7 Å². The fraction of sp³-hybridized carbons (Fsp3) is 0.857. The van der Waals surface area contributed by atoms with E-state index in [4.69, 9.17) is 4.74 Å². The molecular weight excluding hydrogens is 258 g/mol. The SMILES string of the molecule is CNC(=O)[C@H]1CCCCN1CCNC(=O)OC(C)(C)C. The first-order chi connectivity index (χ1) is 9.33. The summed E-state index contributed by atoms with van der Waals surface area (Å²) in [5.41, 5.74) is -0.486. The summed E-state index contributed by atoms with van der Waals surface area (Å²) in [5, 5.41) is 5.43. The van der Waals surface area contributed by atoms with E-state index in [1.165, 1.54) is 0 Å². The first-order valence-electron chi connectivity index (χ1n) is 7.26. The Bertz CT molecular complexity index is 339. The van der Waals surface area contributed by atoms with Crippen LogP contribution in [0.1, 0.15) is 40.0 Å². The number of piperidine rings is 1. The molecule has 0 spiro atoms. The van der Waals surface area contributed by atoms with Crippen LogP contribution in [-0.2, 0) is 9.53 Å². The van der Waals surface area contributed by atoms with Crippen LogP contribution in [-0.4, -0.2) is 55.2 Å². The van der Waals surface area contributed by atoms with Gasteiger partial charge in [-0.3, -0.25) is 9.69 Å². The second-order valence-electron chi connectivity index (χ2n) is 6.09. The van der Waals surface area contributed by atoms with Crippen LogP contribution in [0.5, 0.6) is 0 Å². The van der Waals surface area contributed by atoms with Crippen molar-refractivity contribution in [2.45, 2.75) is 51.7 Å². The molecule has 116 valence electrons. The summed E-state index contributed by atoms with van der Waals surface area (Å²) >= 11 is 0. The lowest BCUT2D eigenvalue weighted by Crippen LogP contribution is -2.51. The number of carbonyl (C=O) groups excluding carboxylic acids is 2. The van der Waals surface area contributed by atoms with Crippen molar-refractivity contribution in [3.63, 3.8) is 0 Å². The lowest BCUT2D eigenvalue weighted by atomic mass is 10.0. The minimum absolute atomic E-state index is 0.0574. The topological polar surface area (TPSA) is 70.7 Å². The van der Waals surface area contributed by atoms with Crippen LogP contribution < -0.4 is 10.6 Å². The largest absolute Gasteiger partial charge is 0.444 e. The van der Waals surface area contributed by atoms with Crippen LogP contribution in [0, 0.1) is 0 Å². The zero-order valence-corrected chi connectivity index (χ0v) is 13.0. The molecule has 6 heteroatoms. The molecule has 1 heterocycles. The highest BCUT2D eigenvalue weighted by molar-refractivity contribution is 5.81. The van der Waals surface area contributed by atoms with Gasteiger partial charge >= 0.3 is 6.09 Å². The van der Waals surface area contributed by atoms with Crippen molar-refractivity contribution >= 4 is 12.0 Å². The van der Waals surface area contributed by atoms with Crippen molar-refractivity contribution in [1.29, 1.82) is 0 Å². The van der Waals surface area contributed by atoms with Gasteiger partial charge in [-0.2, -0.15) is 0 Å². The predicted molar refractivity (Wildman–Crippen MR) is 77.5 cm³/mol. The standard InChI is InChI=1S/C14H27N3O3/c1-14(2,3)20-13(19)16-8-10-17-9-6-5-7-11(17)12(18)15-4/h11H,5-10H2,1-4H3,(H,15,18)(H,16,19)/t11-/m1/s1. The molecule has 0 bridgehead atoms. The predicted octanol–water partition coefficient (Wildman–Crippen LogP) is 1.11. The Morgan fingerprint density at radius 2 is 2.00 bits per heavy atom. The average Bonchev–Trinajstić information content (AvgIpc) is 2.36. The molecule has 0 aromatic heterocycles. The molecule has 1 atom stereocenters. The van der Waals surface area contributed by atoms with Gasteiger partial charge in [-0.1, -0.05) is 6.42 Å². The van der Waals surface area contributed by atoms with Crippen LogP contribution >= 0.6 is 0 Å². The van der Waals surface area contributed by atoms with E-state index in [9.17, 15) is 9.59 Å². The van der Waals surface area contributed by atoms with Gasteiger partial charge in [-0.05, 0) is 40.2 Å². The number of hydrogen-bond acceptors (Lipinski definition) is 4. The van der Waals surface area contributed by atoms with Gasteiger partial charge in [0.1, 0.15) is 5.60 Å². The van der Waals surface area contributed by atoms with Gasteiger partial charge < -0.3 is 15.4 Å². The van der Waals surface area contributed by atoms with Crippen LogP contribution in [0.25, 0.3) is 0 Å². The summed E-state index contributed by atoms with van der Waals surface area (Å²) in [6, 6.07) is -0.0748. The molecule has 1 aliphatic heterocycles. The first kappa shape index (κ1) is 16.8. The van der Waals surface area contributed by atoms with Crippen molar-refractivity contribution in [2.75, 3.05) is 26.7 Å². The number of amides is 2. The molecule has 0 aliphatic carbocycles. The Kier molecular flexibility index (Phi) is 6.26. The average molecular weight is 285 g/mol. The van der Waals surface area contributed by atoms with Crippen LogP contribution in [0.4, 0.5) is 4.79 Å². The number of rotatable bonds is 4. The molecule has 0 saturated carbocycles. The third-order valence-electron chi connectivity index (χ3n) is 3.23. The van der Waals surface area contributed by atoms with Gasteiger partial charge in [0.2, 0.25) is 5.91 Å². The summed E-state index contributed by atoms with van der Waals surface area (Å²) in [7, 11) is 1.66. The van der Waals surface area contributed by atoms with Gasteiger partial charge in [-0.15, -0.1) is 0 Å². The van der Waals surface area contributed by atoms with E-state index in [0.29, 0.717) is 13.1 Å². The van der Waals surface area contributed by atoms with E-state index in [2.05, 4.69) is 15.5 Å². The molecule has 0 radical (unpaired) electrons. The second-order valence-corrected chi connectivity index (χ2v) is 6.09. The molecule has 1 rings (SSSR count). The molecule has 2 amide bonds. The van der Waals surface area contributed by atoms with Gasteiger partial charge in [-0.25, -0.2) is 4.79 Å². The molecule has 0 aromatic rings. The van der Waals surface area contributed by atoms with E-state index in [0.717, 1.165) is 25.8 Å². The molecule has 1 saturated heterocycles. The Balaban J connectivity index is 2.35. The van der Waals surface area contributed by atoms with Gasteiger partial charge in [0.05, 0.1) is 6.04 Å². The molecule has 1 fully saturated rings. The maximum absolute atomic E-state index is 11.8. The number of ether oxygens (including phenoxy) is 1. The van der Waals surface area contributed by atoms with E-state index in [1.54, 1.807) is 7.05 Å². The summed E-state index contributed by atoms with van der Waals surface area (Å²) < 4.78 is 5.17. The zero-order valence-electron chi connectivity index (χ0n) is 13.0. The third kappa shape index (κ3) is 5.77. The van der Waals surface area contributed by atoms with Gasteiger partial charge in [0.15, 0.2) is 0 Å². The van der Waals surface area contributed by atoms with Crippen LogP contribution in [0.15, 0.2) is 0 Å². The maximum atomic E-state index is 11.8. The summed E-state index contributed by atoms with van der Waals surface area (Å²) in [4.78, 5) is 25.5. The normalized spacial score (nSPS) is 20.3. The molecule has 0 unspecified atom stereocenters. The van der Waals surface area contributed by atoms with Gasteiger partial charge in [0.25, 0.3) is 0 Å². The molecular formula is C14H27N3O3. The van der Waals surface area contributed by atoms with Crippen LogP contribution in [0.2, 0.25) is 0 Å². The van der Waals surface area contributed by atoms with Crippen molar-refractivity contribution in [3.8, 4) is 0 Å². The Hall–Kier alpha value is -1.30. The lowest BCUT2D eigenvalue weighted by molar-refractivity contribution is -0.127. The molecule has 2 N–H and O–H groups in total. The second kappa shape index (κ2) is 7.47. The van der Waals surface area contributed by atoms with Crippen molar-refractivity contribution in [2.24, 2.45) is 0 Å². The minimum atomic E-state index is -0.486. The monoisotopic (exact) mass is 285 g/mol. The highest BCUT2D eigenvalue weighted by Gasteiger charge is 2.27. The fourth-order valence-corrected chi connectivity index (χ4v) is 2.34.